The number of hydrogen-bond acceptors (Lipinski definition) is 6. The van der Waals surface area contributed by atoms with Crippen LogP contribution in [0, 0.1) is 12.8 Å². The molecule has 43 heavy (non-hydrogen) atoms. The van der Waals surface area contributed by atoms with Crippen molar-refractivity contribution in [1.82, 2.24) is 19.7 Å². The van der Waals surface area contributed by atoms with Crippen LogP contribution >= 0.6 is 0 Å². The second-order valence-electron chi connectivity index (χ2n) is 13.3. The number of aryl methyl sites for hydroxylation is 1. The number of nitrogens with one attached hydrogen (secondary N) is 1. The molecule has 2 saturated heterocycles. The molecule has 1 aromatic carbocycles. The van der Waals surface area contributed by atoms with Crippen molar-refractivity contribution >= 4 is 11.6 Å². The highest BCUT2D eigenvalue weighted by Crippen LogP contribution is 2.54. The third-order valence-electron chi connectivity index (χ3n) is 10.7. The third-order valence-corrected chi connectivity index (χ3v) is 10.7. The van der Waals surface area contributed by atoms with Gasteiger partial charge in [-0.15, -0.1) is 0 Å². The summed E-state index contributed by atoms with van der Waals surface area (Å²) in [5.74, 6) is 0.439. The second kappa shape index (κ2) is 10.9. The van der Waals surface area contributed by atoms with Gasteiger partial charge in [0.05, 0.1) is 22.9 Å². The van der Waals surface area contributed by atoms with Gasteiger partial charge in [-0.2, -0.15) is 18.3 Å². The predicted molar refractivity (Wildman–Crippen MR) is 157 cm³/mol. The fourth-order valence-corrected chi connectivity index (χ4v) is 8.39. The minimum atomic E-state index is -4.53. The molecule has 4 fully saturated rings. The zero-order chi connectivity index (χ0) is 29.7. The van der Waals surface area contributed by atoms with Gasteiger partial charge in [0.15, 0.2) is 0 Å². The molecule has 0 amide bonds. The first kappa shape index (κ1) is 28.8. The minimum absolute atomic E-state index is 0.0343. The number of nitrogens with zero attached hydrogens (tertiary/aromatic N) is 4. The minimum Gasteiger partial charge on any atom is -0.375 e. The quantitative estimate of drug-likeness (QED) is 0.323. The van der Waals surface area contributed by atoms with Crippen molar-refractivity contribution in [3.8, 4) is 11.1 Å². The zero-order valence-corrected chi connectivity index (χ0v) is 24.8. The predicted octanol–water partition coefficient (Wildman–Crippen LogP) is 7.97. The number of anilines is 2. The molecule has 1 N–H and O–H groups in total. The molecular formula is C33H40F3N5O2. The van der Waals surface area contributed by atoms with Crippen LogP contribution < -0.4 is 5.32 Å². The molecule has 7 rings (SSSR count). The van der Waals surface area contributed by atoms with Crippen molar-refractivity contribution in [2.75, 3.05) is 18.5 Å². The van der Waals surface area contributed by atoms with Crippen LogP contribution in [0.5, 0.6) is 0 Å². The first-order valence-corrected chi connectivity index (χ1v) is 15.8. The van der Waals surface area contributed by atoms with E-state index in [1.807, 2.05) is 25.3 Å². The summed E-state index contributed by atoms with van der Waals surface area (Å²) in [7, 11) is 0. The molecule has 0 bridgehead atoms. The molecule has 4 aliphatic rings. The standard InChI is InChI=1S/C33H40F3N5O2/c1-23-18-24(20-27(19-23)39-29-37-15-6-28(40-29)33(34,35)36)25-21-38-41(22-25)32(13-11-31(12-14-32)8-3-17-43-31)26-4-9-30(10-5-26)7-2-16-42-30/h6,15,18-22,26H,2-5,7-14,16-17H2,1H3,(H,37,39,40). The molecule has 2 aromatic heterocycles. The fraction of sp³-hybridized carbons (Fsp3) is 0.606. The van der Waals surface area contributed by atoms with E-state index in [1.54, 1.807) is 0 Å². The van der Waals surface area contributed by atoms with Gasteiger partial charge in [-0.05, 0) is 119 Å². The van der Waals surface area contributed by atoms with Crippen LogP contribution in [0.25, 0.3) is 11.1 Å². The monoisotopic (exact) mass is 595 g/mol. The number of hydrogen-bond donors (Lipinski definition) is 1. The molecule has 0 radical (unpaired) electrons. The Hall–Kier alpha value is -2.98. The molecule has 4 heterocycles. The number of rotatable bonds is 5. The topological polar surface area (TPSA) is 74.1 Å². The lowest BCUT2D eigenvalue weighted by Crippen LogP contribution is -2.51. The van der Waals surface area contributed by atoms with E-state index in [0.29, 0.717) is 11.6 Å². The van der Waals surface area contributed by atoms with Gasteiger partial charge < -0.3 is 14.8 Å². The van der Waals surface area contributed by atoms with Gasteiger partial charge >= 0.3 is 6.18 Å². The number of alkyl halides is 3. The lowest BCUT2D eigenvalue weighted by molar-refractivity contribution is -0.141. The summed E-state index contributed by atoms with van der Waals surface area (Å²) in [6, 6.07) is 6.75. The Morgan fingerprint density at radius 1 is 0.884 bits per heavy atom. The number of benzene rings is 1. The summed E-state index contributed by atoms with van der Waals surface area (Å²) in [6.07, 6.45) is 14.2. The smallest absolute Gasteiger partial charge is 0.375 e. The third kappa shape index (κ3) is 5.57. The molecule has 2 spiro atoms. The average Bonchev–Trinajstić information content (AvgIpc) is 3.77. The molecule has 230 valence electrons. The van der Waals surface area contributed by atoms with Crippen molar-refractivity contribution in [3.05, 3.63) is 54.1 Å². The van der Waals surface area contributed by atoms with Gasteiger partial charge in [-0.25, -0.2) is 9.97 Å². The van der Waals surface area contributed by atoms with Gasteiger partial charge in [-0.3, -0.25) is 4.68 Å². The van der Waals surface area contributed by atoms with Gasteiger partial charge in [-0.1, -0.05) is 6.07 Å². The Bertz CT molecular complexity index is 1440. The fourth-order valence-electron chi connectivity index (χ4n) is 8.39. The Kier molecular flexibility index (Phi) is 7.28. The summed E-state index contributed by atoms with van der Waals surface area (Å²) in [5, 5.41) is 8.00. The van der Waals surface area contributed by atoms with Crippen molar-refractivity contribution < 1.29 is 22.6 Å². The van der Waals surface area contributed by atoms with E-state index in [4.69, 9.17) is 14.6 Å². The van der Waals surface area contributed by atoms with Crippen molar-refractivity contribution in [3.63, 3.8) is 0 Å². The van der Waals surface area contributed by atoms with E-state index in [9.17, 15) is 13.2 Å². The van der Waals surface area contributed by atoms with E-state index in [-0.39, 0.29) is 22.7 Å². The molecule has 3 aromatic rings. The Morgan fingerprint density at radius 3 is 2.23 bits per heavy atom. The maximum atomic E-state index is 13.2. The van der Waals surface area contributed by atoms with Crippen LogP contribution in [0.1, 0.15) is 88.3 Å². The molecule has 2 aliphatic carbocycles. The van der Waals surface area contributed by atoms with E-state index >= 15 is 0 Å². The van der Waals surface area contributed by atoms with Gasteiger partial charge in [0, 0.05) is 36.9 Å². The Labute approximate surface area is 250 Å². The maximum absolute atomic E-state index is 13.2. The molecule has 7 nitrogen and oxygen atoms in total. The lowest BCUT2D eigenvalue weighted by Gasteiger charge is -2.51. The zero-order valence-electron chi connectivity index (χ0n) is 24.8. The highest BCUT2D eigenvalue weighted by atomic mass is 19.4. The van der Waals surface area contributed by atoms with Gasteiger partial charge in [0.1, 0.15) is 5.69 Å². The summed E-state index contributed by atoms with van der Waals surface area (Å²) < 4.78 is 54.4. The largest absolute Gasteiger partial charge is 0.433 e. The van der Waals surface area contributed by atoms with E-state index in [2.05, 4.69) is 32.2 Å². The molecule has 10 heteroatoms. The van der Waals surface area contributed by atoms with E-state index in [0.717, 1.165) is 106 Å². The lowest BCUT2D eigenvalue weighted by atomic mass is 9.62. The number of ether oxygens (including phenoxy) is 2. The molecule has 0 unspecified atom stereocenters. The second-order valence-corrected chi connectivity index (χ2v) is 13.3. The van der Waals surface area contributed by atoms with Crippen LogP contribution in [0.2, 0.25) is 0 Å². The van der Waals surface area contributed by atoms with Crippen molar-refractivity contribution in [2.45, 2.75) is 107 Å². The summed E-state index contributed by atoms with van der Waals surface area (Å²) in [5.41, 5.74) is 2.62. The average molecular weight is 596 g/mol. The Morgan fingerprint density at radius 2 is 1.58 bits per heavy atom. The summed E-state index contributed by atoms with van der Waals surface area (Å²) in [6.45, 7) is 3.74. The first-order chi connectivity index (χ1) is 20.7. The van der Waals surface area contributed by atoms with Crippen molar-refractivity contribution in [1.29, 1.82) is 0 Å². The molecule has 2 saturated carbocycles. The van der Waals surface area contributed by atoms with E-state index < -0.39 is 11.9 Å². The molecular weight excluding hydrogens is 555 g/mol. The van der Waals surface area contributed by atoms with E-state index in [1.165, 1.54) is 12.8 Å². The van der Waals surface area contributed by atoms with Gasteiger partial charge in [0.2, 0.25) is 5.95 Å². The normalized spacial score (nSPS) is 31.2. The summed E-state index contributed by atoms with van der Waals surface area (Å²) >= 11 is 0. The Balaban J connectivity index is 1.16. The summed E-state index contributed by atoms with van der Waals surface area (Å²) in [4.78, 5) is 7.68. The molecule has 2 aliphatic heterocycles. The SMILES string of the molecule is Cc1cc(Nc2nccc(C(F)(F)F)n2)cc(-c2cnn(C3(C4CCC5(CCCO5)CC4)CCC4(CCCO4)CC3)c2)c1. The van der Waals surface area contributed by atoms with Crippen LogP contribution in [0.15, 0.2) is 42.9 Å². The van der Waals surface area contributed by atoms with Crippen LogP contribution in [-0.2, 0) is 21.2 Å². The maximum Gasteiger partial charge on any atom is 0.433 e. The number of halogens is 3. The highest BCUT2D eigenvalue weighted by Gasteiger charge is 2.52. The van der Waals surface area contributed by atoms with Gasteiger partial charge in [0.25, 0.3) is 0 Å². The van der Waals surface area contributed by atoms with Crippen molar-refractivity contribution in [2.24, 2.45) is 5.92 Å². The van der Waals surface area contributed by atoms with Crippen LogP contribution in [0.3, 0.4) is 0 Å². The first-order valence-electron chi connectivity index (χ1n) is 15.8. The van der Waals surface area contributed by atoms with Crippen LogP contribution in [-0.4, -0.2) is 44.2 Å². The molecule has 0 atom stereocenters. The highest BCUT2D eigenvalue weighted by molar-refractivity contribution is 5.70. The number of aromatic nitrogens is 4. The van der Waals surface area contributed by atoms with Crippen LogP contribution in [0.4, 0.5) is 24.8 Å².